The summed E-state index contributed by atoms with van der Waals surface area (Å²) in [5, 5.41) is 5.22. The van der Waals surface area contributed by atoms with Crippen LogP contribution in [0.4, 0.5) is 4.39 Å². The fourth-order valence-corrected chi connectivity index (χ4v) is 2.45. The summed E-state index contributed by atoms with van der Waals surface area (Å²) >= 11 is 0. The molecule has 0 spiro atoms. The molecule has 0 bridgehead atoms. The minimum Gasteiger partial charge on any atom is -0.273 e. The third kappa shape index (κ3) is 2.07. The lowest BCUT2D eigenvalue weighted by molar-refractivity contribution is 0.599. The first kappa shape index (κ1) is 12.8. The molecule has 0 amide bonds. The molecule has 1 aromatic carbocycles. The van der Waals surface area contributed by atoms with Crippen molar-refractivity contribution in [3.8, 4) is 11.1 Å². The summed E-state index contributed by atoms with van der Waals surface area (Å²) in [5.74, 6) is 0.0197. The lowest BCUT2D eigenvalue weighted by Gasteiger charge is -2.09. The van der Waals surface area contributed by atoms with Crippen molar-refractivity contribution in [3.05, 3.63) is 48.0 Å². The van der Waals surface area contributed by atoms with Crippen LogP contribution in [0.2, 0.25) is 0 Å². The number of fused-ring (bicyclic) bond motifs is 1. The first-order valence-corrected chi connectivity index (χ1v) is 6.64. The number of halogens is 1. The molecule has 4 heteroatoms. The fourth-order valence-electron chi connectivity index (χ4n) is 2.45. The van der Waals surface area contributed by atoms with Crippen molar-refractivity contribution in [1.29, 1.82) is 0 Å². The van der Waals surface area contributed by atoms with E-state index in [9.17, 15) is 4.39 Å². The van der Waals surface area contributed by atoms with Gasteiger partial charge in [0.25, 0.3) is 0 Å². The van der Waals surface area contributed by atoms with Crippen LogP contribution in [0.1, 0.15) is 25.3 Å². The van der Waals surface area contributed by atoms with Crippen LogP contribution in [0.3, 0.4) is 0 Å². The van der Waals surface area contributed by atoms with Gasteiger partial charge in [0, 0.05) is 24.8 Å². The van der Waals surface area contributed by atoms with E-state index in [0.717, 1.165) is 22.1 Å². The van der Waals surface area contributed by atoms with Gasteiger partial charge >= 0.3 is 0 Å². The highest BCUT2D eigenvalue weighted by atomic mass is 19.1. The molecule has 20 heavy (non-hydrogen) atoms. The smallest absolute Gasteiger partial charge is 0.181 e. The van der Waals surface area contributed by atoms with Gasteiger partial charge in [-0.05, 0) is 34.7 Å². The van der Waals surface area contributed by atoms with Crippen LogP contribution < -0.4 is 0 Å². The third-order valence-corrected chi connectivity index (χ3v) is 3.47. The predicted octanol–water partition coefficient (Wildman–Crippen LogP) is 3.90. The Labute approximate surface area is 117 Å². The van der Waals surface area contributed by atoms with E-state index in [0.29, 0.717) is 5.65 Å². The van der Waals surface area contributed by atoms with Gasteiger partial charge in [0.1, 0.15) is 5.82 Å². The molecule has 102 valence electrons. The SMILES string of the molecule is CC(C)c1ccc(-c2ccnc3nn(C)cc23)cc1F. The van der Waals surface area contributed by atoms with E-state index in [2.05, 4.69) is 10.1 Å². The zero-order valence-corrected chi connectivity index (χ0v) is 11.8. The number of aromatic nitrogens is 3. The van der Waals surface area contributed by atoms with Crippen molar-refractivity contribution < 1.29 is 4.39 Å². The van der Waals surface area contributed by atoms with Gasteiger partial charge < -0.3 is 0 Å². The molecule has 2 aromatic heterocycles. The Hall–Kier alpha value is -2.23. The van der Waals surface area contributed by atoms with Crippen molar-refractivity contribution in [2.24, 2.45) is 7.05 Å². The van der Waals surface area contributed by atoms with Crippen LogP contribution in [0.15, 0.2) is 36.7 Å². The summed E-state index contributed by atoms with van der Waals surface area (Å²) in [7, 11) is 1.86. The van der Waals surface area contributed by atoms with Gasteiger partial charge in [-0.2, -0.15) is 5.10 Å². The number of hydrogen-bond donors (Lipinski definition) is 0. The van der Waals surface area contributed by atoms with E-state index in [1.165, 1.54) is 0 Å². The maximum atomic E-state index is 14.2. The van der Waals surface area contributed by atoms with Crippen molar-refractivity contribution in [1.82, 2.24) is 14.8 Å². The molecule has 0 unspecified atom stereocenters. The Morgan fingerprint density at radius 3 is 2.70 bits per heavy atom. The van der Waals surface area contributed by atoms with Gasteiger partial charge in [-0.25, -0.2) is 9.37 Å². The maximum Gasteiger partial charge on any atom is 0.181 e. The fraction of sp³-hybridized carbons (Fsp3) is 0.250. The lowest BCUT2D eigenvalue weighted by Crippen LogP contribution is -1.93. The number of hydrogen-bond acceptors (Lipinski definition) is 2. The zero-order chi connectivity index (χ0) is 14.3. The van der Waals surface area contributed by atoms with E-state index in [-0.39, 0.29) is 11.7 Å². The van der Waals surface area contributed by atoms with E-state index < -0.39 is 0 Å². The topological polar surface area (TPSA) is 30.7 Å². The molecule has 3 nitrogen and oxygen atoms in total. The van der Waals surface area contributed by atoms with Gasteiger partial charge in [0.2, 0.25) is 0 Å². The number of rotatable bonds is 2. The van der Waals surface area contributed by atoms with Crippen LogP contribution in [0.5, 0.6) is 0 Å². The number of nitrogens with zero attached hydrogens (tertiary/aromatic N) is 3. The summed E-state index contributed by atoms with van der Waals surface area (Å²) in [6, 6.07) is 7.31. The highest BCUT2D eigenvalue weighted by molar-refractivity contribution is 5.92. The van der Waals surface area contributed by atoms with Crippen LogP contribution >= 0.6 is 0 Å². The molecule has 3 aromatic rings. The second-order valence-corrected chi connectivity index (χ2v) is 5.29. The van der Waals surface area contributed by atoms with E-state index in [1.807, 2.05) is 45.3 Å². The molecule has 0 aliphatic rings. The number of benzene rings is 1. The second-order valence-electron chi connectivity index (χ2n) is 5.29. The van der Waals surface area contributed by atoms with Crippen molar-refractivity contribution in [2.75, 3.05) is 0 Å². The molecule has 0 fully saturated rings. The average Bonchev–Trinajstić information content (AvgIpc) is 2.77. The summed E-state index contributed by atoms with van der Waals surface area (Å²) < 4.78 is 15.9. The van der Waals surface area contributed by atoms with Crippen molar-refractivity contribution in [2.45, 2.75) is 19.8 Å². The Bertz CT molecular complexity index is 774. The predicted molar refractivity (Wildman–Crippen MR) is 78.0 cm³/mol. The highest BCUT2D eigenvalue weighted by Gasteiger charge is 2.11. The summed E-state index contributed by atoms with van der Waals surface area (Å²) in [5.41, 5.74) is 3.23. The quantitative estimate of drug-likeness (QED) is 0.706. The third-order valence-electron chi connectivity index (χ3n) is 3.47. The lowest BCUT2D eigenvalue weighted by atomic mass is 9.97. The minimum absolute atomic E-state index is 0.161. The summed E-state index contributed by atoms with van der Waals surface area (Å²) in [4.78, 5) is 4.23. The summed E-state index contributed by atoms with van der Waals surface area (Å²) in [6.07, 6.45) is 3.62. The Morgan fingerprint density at radius 1 is 1.20 bits per heavy atom. The molecule has 2 heterocycles. The standard InChI is InChI=1S/C16H16FN3/c1-10(2)12-5-4-11(8-15(12)17)13-6-7-18-16-14(13)9-20(3)19-16/h4-10H,1-3H3. The molecular formula is C16H16FN3. The van der Waals surface area contributed by atoms with Gasteiger partial charge in [-0.3, -0.25) is 4.68 Å². The monoisotopic (exact) mass is 269 g/mol. The summed E-state index contributed by atoms with van der Waals surface area (Å²) in [6.45, 7) is 3.98. The van der Waals surface area contributed by atoms with Gasteiger partial charge in [-0.15, -0.1) is 0 Å². The van der Waals surface area contributed by atoms with E-state index in [4.69, 9.17) is 0 Å². The maximum absolute atomic E-state index is 14.2. The molecular weight excluding hydrogens is 253 g/mol. The molecule has 0 radical (unpaired) electrons. The second kappa shape index (κ2) is 4.71. The molecule has 0 saturated heterocycles. The first-order valence-electron chi connectivity index (χ1n) is 6.64. The highest BCUT2D eigenvalue weighted by Crippen LogP contribution is 2.29. The molecule has 0 aliphatic carbocycles. The largest absolute Gasteiger partial charge is 0.273 e. The average molecular weight is 269 g/mol. The normalized spacial score (nSPS) is 11.4. The van der Waals surface area contributed by atoms with Gasteiger partial charge in [0.05, 0.1) is 0 Å². The van der Waals surface area contributed by atoms with Crippen molar-refractivity contribution in [3.63, 3.8) is 0 Å². The Morgan fingerprint density at radius 2 is 2.00 bits per heavy atom. The Balaban J connectivity index is 2.18. The van der Waals surface area contributed by atoms with Crippen molar-refractivity contribution >= 4 is 11.0 Å². The van der Waals surface area contributed by atoms with Crippen LogP contribution in [-0.4, -0.2) is 14.8 Å². The van der Waals surface area contributed by atoms with Crippen LogP contribution in [0, 0.1) is 5.82 Å². The number of aryl methyl sites for hydroxylation is 1. The molecule has 0 atom stereocenters. The van der Waals surface area contributed by atoms with E-state index >= 15 is 0 Å². The zero-order valence-electron chi connectivity index (χ0n) is 11.8. The minimum atomic E-state index is -0.161. The molecule has 3 rings (SSSR count). The van der Waals surface area contributed by atoms with E-state index in [1.54, 1.807) is 16.9 Å². The molecule has 0 N–H and O–H groups in total. The Kier molecular flexibility index (Phi) is 3.01. The molecule has 0 saturated carbocycles. The first-order chi connectivity index (χ1) is 9.56. The molecule has 0 aliphatic heterocycles. The van der Waals surface area contributed by atoms with Gasteiger partial charge in [-0.1, -0.05) is 26.0 Å². The number of pyridine rings is 1. The van der Waals surface area contributed by atoms with Crippen LogP contribution in [0.25, 0.3) is 22.2 Å². The van der Waals surface area contributed by atoms with Gasteiger partial charge in [0.15, 0.2) is 5.65 Å². The van der Waals surface area contributed by atoms with Crippen LogP contribution in [-0.2, 0) is 7.05 Å².